The maximum absolute atomic E-state index is 13.5. The first-order valence-corrected chi connectivity index (χ1v) is 15.7. The van der Waals surface area contributed by atoms with Crippen molar-refractivity contribution < 1.29 is 18.0 Å². The molecule has 1 aliphatic heterocycles. The summed E-state index contributed by atoms with van der Waals surface area (Å²) >= 11 is 0. The molecule has 9 heteroatoms. The number of nitrogens with zero attached hydrogens (tertiary/aromatic N) is 1. The quantitative estimate of drug-likeness (QED) is 0.389. The summed E-state index contributed by atoms with van der Waals surface area (Å²) in [7, 11) is -3.85. The molecule has 0 bridgehead atoms. The van der Waals surface area contributed by atoms with Crippen molar-refractivity contribution in [3.8, 4) is 0 Å². The largest absolute Gasteiger partial charge is 0.341 e. The SMILES string of the molecule is Cc1ccccc1C(=O)Nc1cccc2c(S(=O)(=O)NC3CCN(C(=O)[C@@H](N)C4CCCCC4)CC3)cccc12. The van der Waals surface area contributed by atoms with E-state index in [1.807, 2.05) is 31.2 Å². The Labute approximate surface area is 236 Å². The van der Waals surface area contributed by atoms with Crippen LogP contribution in [0.15, 0.2) is 65.6 Å². The zero-order valence-electron chi connectivity index (χ0n) is 22.9. The van der Waals surface area contributed by atoms with Crippen molar-refractivity contribution in [2.45, 2.75) is 68.8 Å². The van der Waals surface area contributed by atoms with Crippen molar-refractivity contribution in [2.24, 2.45) is 11.7 Å². The Bertz CT molecular complexity index is 1490. The van der Waals surface area contributed by atoms with Gasteiger partial charge in [0.25, 0.3) is 5.91 Å². The lowest BCUT2D eigenvalue weighted by atomic mass is 9.83. The molecule has 1 saturated heterocycles. The molecular formula is C31H38N4O4S. The van der Waals surface area contributed by atoms with Crippen LogP contribution in [0.1, 0.15) is 60.9 Å². The fourth-order valence-corrected chi connectivity index (χ4v) is 7.57. The number of benzene rings is 3. The molecule has 2 amide bonds. The predicted octanol–water partition coefficient (Wildman–Crippen LogP) is 4.58. The number of fused-ring (bicyclic) bond motifs is 1. The predicted molar refractivity (Wildman–Crippen MR) is 158 cm³/mol. The fourth-order valence-electron chi connectivity index (χ4n) is 6.05. The first kappa shape index (κ1) is 28.3. The summed E-state index contributed by atoms with van der Waals surface area (Å²) in [5, 5.41) is 4.12. The number of hydrogen-bond donors (Lipinski definition) is 3. The van der Waals surface area contributed by atoms with Crippen LogP contribution >= 0.6 is 0 Å². The van der Waals surface area contributed by atoms with Gasteiger partial charge in [-0.3, -0.25) is 9.59 Å². The summed E-state index contributed by atoms with van der Waals surface area (Å²) < 4.78 is 30.0. The van der Waals surface area contributed by atoms with Crippen LogP contribution in [-0.2, 0) is 14.8 Å². The van der Waals surface area contributed by atoms with Gasteiger partial charge in [-0.15, -0.1) is 0 Å². The van der Waals surface area contributed by atoms with Gasteiger partial charge in [-0.25, -0.2) is 13.1 Å². The Balaban J connectivity index is 1.27. The minimum absolute atomic E-state index is 0.0115. The normalized spacial score (nSPS) is 18.0. The highest BCUT2D eigenvalue weighted by Gasteiger charge is 2.33. The smallest absolute Gasteiger partial charge is 0.255 e. The topological polar surface area (TPSA) is 122 Å². The van der Waals surface area contributed by atoms with Crippen LogP contribution < -0.4 is 15.8 Å². The van der Waals surface area contributed by atoms with E-state index >= 15 is 0 Å². The van der Waals surface area contributed by atoms with E-state index in [4.69, 9.17) is 5.73 Å². The molecule has 4 N–H and O–H groups in total. The highest BCUT2D eigenvalue weighted by molar-refractivity contribution is 7.89. The molecule has 1 aliphatic carbocycles. The van der Waals surface area contributed by atoms with Gasteiger partial charge in [0, 0.05) is 41.2 Å². The Morgan fingerprint density at radius 3 is 2.27 bits per heavy atom. The first-order valence-electron chi connectivity index (χ1n) is 14.2. The lowest BCUT2D eigenvalue weighted by Gasteiger charge is -2.36. The number of piperidine rings is 1. The summed E-state index contributed by atoms with van der Waals surface area (Å²) in [6.45, 7) is 2.84. The van der Waals surface area contributed by atoms with E-state index in [9.17, 15) is 18.0 Å². The standard InChI is InChI=1S/C31H38N4O4S/c1-21-9-5-6-12-24(21)30(36)33-27-15-7-14-26-25(27)13-8-16-28(26)40(38,39)34-23-17-19-35(20-18-23)31(37)29(32)22-10-3-2-4-11-22/h5-9,12-16,22-23,29,34H,2-4,10-11,17-20,32H2,1H3,(H,33,36)/t29-/m0/s1. The number of sulfonamides is 1. The summed E-state index contributed by atoms with van der Waals surface area (Å²) in [6, 6.07) is 16.9. The average molecular weight is 563 g/mol. The minimum Gasteiger partial charge on any atom is -0.341 e. The molecule has 3 aromatic rings. The molecule has 8 nitrogen and oxygen atoms in total. The molecule has 212 valence electrons. The van der Waals surface area contributed by atoms with Crippen LogP contribution in [0, 0.1) is 12.8 Å². The van der Waals surface area contributed by atoms with E-state index in [2.05, 4.69) is 10.0 Å². The molecule has 1 heterocycles. The molecule has 0 spiro atoms. The molecule has 5 rings (SSSR count). The maximum atomic E-state index is 13.5. The zero-order valence-corrected chi connectivity index (χ0v) is 23.8. The monoisotopic (exact) mass is 562 g/mol. The van der Waals surface area contributed by atoms with Crippen LogP contribution in [0.2, 0.25) is 0 Å². The molecule has 2 aliphatic rings. The van der Waals surface area contributed by atoms with Gasteiger partial charge in [0.1, 0.15) is 0 Å². The Morgan fingerprint density at radius 2 is 1.55 bits per heavy atom. The van der Waals surface area contributed by atoms with Crippen molar-refractivity contribution in [2.75, 3.05) is 18.4 Å². The van der Waals surface area contributed by atoms with Gasteiger partial charge in [0.15, 0.2) is 0 Å². The highest BCUT2D eigenvalue weighted by Crippen LogP contribution is 2.30. The summed E-state index contributed by atoms with van der Waals surface area (Å²) in [4.78, 5) is 27.9. The van der Waals surface area contributed by atoms with Crippen molar-refractivity contribution in [1.82, 2.24) is 9.62 Å². The molecule has 2 fully saturated rings. The summed E-state index contributed by atoms with van der Waals surface area (Å²) in [5.41, 5.74) is 8.31. The van der Waals surface area contributed by atoms with Crippen LogP contribution in [0.3, 0.4) is 0 Å². The number of carbonyl (C=O) groups excluding carboxylic acids is 2. The van der Waals surface area contributed by atoms with Crippen molar-refractivity contribution in [3.63, 3.8) is 0 Å². The molecule has 40 heavy (non-hydrogen) atoms. The van der Waals surface area contributed by atoms with E-state index < -0.39 is 16.1 Å². The number of carbonyl (C=O) groups is 2. The number of aryl methyl sites for hydroxylation is 1. The van der Waals surface area contributed by atoms with E-state index in [-0.39, 0.29) is 28.7 Å². The Hall–Kier alpha value is -3.27. The zero-order chi connectivity index (χ0) is 28.3. The maximum Gasteiger partial charge on any atom is 0.255 e. The molecule has 0 unspecified atom stereocenters. The average Bonchev–Trinajstić information content (AvgIpc) is 2.97. The fraction of sp³-hybridized carbons (Fsp3) is 0.419. The number of anilines is 1. The second-order valence-corrected chi connectivity index (χ2v) is 12.8. The van der Waals surface area contributed by atoms with E-state index in [1.165, 1.54) is 6.42 Å². The number of nitrogens with two attached hydrogens (primary N) is 1. The third-order valence-electron chi connectivity index (χ3n) is 8.38. The molecule has 1 atom stereocenters. The van der Waals surface area contributed by atoms with Gasteiger partial charge in [-0.05, 0) is 62.3 Å². The molecule has 3 aromatic carbocycles. The second-order valence-electron chi connectivity index (χ2n) is 11.1. The number of hydrogen-bond acceptors (Lipinski definition) is 5. The lowest BCUT2D eigenvalue weighted by molar-refractivity contribution is -0.135. The van der Waals surface area contributed by atoms with Crippen molar-refractivity contribution in [3.05, 3.63) is 71.8 Å². The van der Waals surface area contributed by atoms with Crippen LogP contribution in [-0.4, -0.2) is 50.3 Å². The van der Waals surface area contributed by atoms with Crippen LogP contribution in [0.4, 0.5) is 5.69 Å². The van der Waals surface area contributed by atoms with Crippen LogP contribution in [0.5, 0.6) is 0 Å². The van der Waals surface area contributed by atoms with E-state index in [0.717, 1.165) is 31.2 Å². The van der Waals surface area contributed by atoms with Crippen LogP contribution in [0.25, 0.3) is 10.8 Å². The third-order valence-corrected chi connectivity index (χ3v) is 9.96. The lowest BCUT2D eigenvalue weighted by Crippen LogP contribution is -2.53. The number of nitrogens with one attached hydrogen (secondary N) is 2. The number of amides is 2. The summed E-state index contributed by atoms with van der Waals surface area (Å²) in [5.74, 6) is -0.0146. The van der Waals surface area contributed by atoms with E-state index in [0.29, 0.717) is 48.0 Å². The first-order chi connectivity index (χ1) is 19.2. The highest BCUT2D eigenvalue weighted by atomic mass is 32.2. The minimum atomic E-state index is -3.85. The van der Waals surface area contributed by atoms with Gasteiger partial charge in [0.05, 0.1) is 10.9 Å². The molecule has 0 radical (unpaired) electrons. The van der Waals surface area contributed by atoms with Gasteiger partial charge < -0.3 is 16.0 Å². The Morgan fingerprint density at radius 1 is 0.875 bits per heavy atom. The van der Waals surface area contributed by atoms with E-state index in [1.54, 1.807) is 41.3 Å². The molecular weight excluding hydrogens is 524 g/mol. The van der Waals surface area contributed by atoms with Gasteiger partial charge in [0.2, 0.25) is 15.9 Å². The Kier molecular flexibility index (Phi) is 8.54. The van der Waals surface area contributed by atoms with Crippen molar-refractivity contribution in [1.29, 1.82) is 0 Å². The number of rotatable bonds is 7. The van der Waals surface area contributed by atoms with Gasteiger partial charge in [-0.1, -0.05) is 61.7 Å². The second kappa shape index (κ2) is 12.1. The summed E-state index contributed by atoms with van der Waals surface area (Å²) in [6.07, 6.45) is 6.55. The van der Waals surface area contributed by atoms with Gasteiger partial charge in [-0.2, -0.15) is 0 Å². The third kappa shape index (κ3) is 6.06. The molecule has 1 saturated carbocycles. The van der Waals surface area contributed by atoms with Gasteiger partial charge >= 0.3 is 0 Å². The van der Waals surface area contributed by atoms with Crippen molar-refractivity contribution >= 4 is 38.3 Å². The number of likely N-dealkylation sites (tertiary alicyclic amines) is 1. The molecule has 0 aromatic heterocycles.